The Morgan fingerprint density at radius 3 is 2.63 bits per heavy atom. The quantitative estimate of drug-likeness (QED) is 0.381. The molecule has 6 nitrogen and oxygen atoms in total. The number of nitrogens with zero attached hydrogens (tertiary/aromatic N) is 4. The number of thiol groups is 1. The molecule has 0 spiro atoms. The van der Waals surface area contributed by atoms with Crippen LogP contribution in [0.5, 0.6) is 0 Å². The Kier molecular flexibility index (Phi) is 4.51. The Labute approximate surface area is 116 Å². The fourth-order valence-electron chi connectivity index (χ4n) is 1.65. The number of hydrogen-bond donors (Lipinski definition) is 1. The number of rotatable bonds is 6. The number of unbranched alkanes of at least 4 members (excludes halogenated alkanes) is 1. The van der Waals surface area contributed by atoms with Crippen LogP contribution in [0.15, 0.2) is 30.6 Å². The molecule has 0 fully saturated rings. The molecule has 0 aliphatic carbocycles. The molecule has 0 bridgehead atoms. The van der Waals surface area contributed by atoms with Crippen LogP contribution in [0, 0.1) is 10.1 Å². The van der Waals surface area contributed by atoms with E-state index in [4.69, 9.17) is 0 Å². The van der Waals surface area contributed by atoms with Gasteiger partial charge in [0.05, 0.1) is 4.92 Å². The second kappa shape index (κ2) is 6.33. The van der Waals surface area contributed by atoms with E-state index in [1.807, 2.05) is 0 Å². The number of nitro groups is 1. The van der Waals surface area contributed by atoms with Gasteiger partial charge in [0, 0.05) is 24.2 Å². The van der Waals surface area contributed by atoms with Crippen molar-refractivity contribution in [2.24, 2.45) is 0 Å². The van der Waals surface area contributed by atoms with Gasteiger partial charge in [0.15, 0.2) is 5.82 Å². The van der Waals surface area contributed by atoms with Gasteiger partial charge in [-0.2, -0.15) is 17.7 Å². The lowest BCUT2D eigenvalue weighted by molar-refractivity contribution is -0.384. The SMILES string of the molecule is O=[N+]([O-])c1ccc(-c2ncn(CCCCS)n2)cc1. The van der Waals surface area contributed by atoms with Gasteiger partial charge in [-0.3, -0.25) is 14.8 Å². The maximum absolute atomic E-state index is 10.6. The van der Waals surface area contributed by atoms with Crippen molar-refractivity contribution in [3.8, 4) is 11.4 Å². The molecule has 0 aliphatic rings. The van der Waals surface area contributed by atoms with Crippen molar-refractivity contribution in [1.29, 1.82) is 0 Å². The summed E-state index contributed by atoms with van der Waals surface area (Å²) in [7, 11) is 0. The number of benzene rings is 1. The van der Waals surface area contributed by atoms with Crippen LogP contribution in [0.1, 0.15) is 12.8 Å². The first-order valence-electron chi connectivity index (χ1n) is 5.96. The summed E-state index contributed by atoms with van der Waals surface area (Å²) in [6.07, 6.45) is 3.72. The van der Waals surface area contributed by atoms with Crippen molar-refractivity contribution in [2.45, 2.75) is 19.4 Å². The van der Waals surface area contributed by atoms with Crippen molar-refractivity contribution in [2.75, 3.05) is 5.75 Å². The van der Waals surface area contributed by atoms with Gasteiger partial charge in [-0.1, -0.05) is 0 Å². The monoisotopic (exact) mass is 278 g/mol. The molecule has 1 aromatic heterocycles. The number of non-ortho nitro benzene ring substituents is 1. The van der Waals surface area contributed by atoms with Crippen LogP contribution >= 0.6 is 12.6 Å². The molecule has 1 aromatic carbocycles. The fraction of sp³-hybridized carbons (Fsp3) is 0.333. The largest absolute Gasteiger partial charge is 0.269 e. The van der Waals surface area contributed by atoms with Crippen molar-refractivity contribution in [1.82, 2.24) is 14.8 Å². The van der Waals surface area contributed by atoms with Crippen molar-refractivity contribution in [3.05, 3.63) is 40.7 Å². The third kappa shape index (κ3) is 3.54. The summed E-state index contributed by atoms with van der Waals surface area (Å²) in [5.74, 6) is 1.45. The summed E-state index contributed by atoms with van der Waals surface area (Å²) in [5, 5.41) is 14.9. The minimum absolute atomic E-state index is 0.0666. The van der Waals surface area contributed by atoms with E-state index < -0.39 is 4.92 Å². The van der Waals surface area contributed by atoms with E-state index in [0.29, 0.717) is 5.82 Å². The average molecular weight is 278 g/mol. The summed E-state index contributed by atoms with van der Waals surface area (Å²) in [6, 6.07) is 6.23. The third-order valence-electron chi connectivity index (χ3n) is 2.67. The Morgan fingerprint density at radius 1 is 1.26 bits per heavy atom. The first-order chi connectivity index (χ1) is 9.20. The number of aromatic nitrogens is 3. The highest BCUT2D eigenvalue weighted by Gasteiger charge is 2.08. The molecular formula is C12H14N4O2S. The van der Waals surface area contributed by atoms with Crippen LogP contribution in [0.25, 0.3) is 11.4 Å². The number of hydrogen-bond acceptors (Lipinski definition) is 5. The summed E-state index contributed by atoms with van der Waals surface area (Å²) in [5.41, 5.74) is 0.843. The van der Waals surface area contributed by atoms with E-state index in [1.165, 1.54) is 12.1 Å². The molecule has 19 heavy (non-hydrogen) atoms. The Balaban J connectivity index is 2.07. The maximum atomic E-state index is 10.6. The first kappa shape index (κ1) is 13.5. The highest BCUT2D eigenvalue weighted by atomic mass is 32.1. The van der Waals surface area contributed by atoms with Gasteiger partial charge >= 0.3 is 0 Å². The molecule has 0 aliphatic heterocycles. The minimum atomic E-state index is -0.423. The summed E-state index contributed by atoms with van der Waals surface area (Å²) in [4.78, 5) is 14.3. The van der Waals surface area contributed by atoms with Gasteiger partial charge < -0.3 is 0 Å². The lowest BCUT2D eigenvalue weighted by Gasteiger charge is -1.98. The predicted molar refractivity (Wildman–Crippen MR) is 75.2 cm³/mol. The predicted octanol–water partition coefficient (Wildman–Crippen LogP) is 2.56. The molecule has 0 saturated carbocycles. The molecule has 0 atom stereocenters. The summed E-state index contributed by atoms with van der Waals surface area (Å²) in [6.45, 7) is 0.806. The Hall–Kier alpha value is -1.89. The molecule has 7 heteroatoms. The Morgan fingerprint density at radius 2 is 2.00 bits per heavy atom. The zero-order valence-electron chi connectivity index (χ0n) is 10.3. The van der Waals surface area contributed by atoms with E-state index >= 15 is 0 Å². The normalized spacial score (nSPS) is 10.6. The first-order valence-corrected chi connectivity index (χ1v) is 6.59. The minimum Gasteiger partial charge on any atom is -0.258 e. The Bertz CT molecular complexity index is 553. The van der Waals surface area contributed by atoms with Crippen molar-refractivity contribution >= 4 is 18.3 Å². The maximum Gasteiger partial charge on any atom is 0.269 e. The molecule has 0 N–H and O–H groups in total. The van der Waals surface area contributed by atoms with Crippen LogP contribution < -0.4 is 0 Å². The van der Waals surface area contributed by atoms with Crippen molar-refractivity contribution < 1.29 is 4.92 Å². The van der Waals surface area contributed by atoms with Crippen LogP contribution in [0.4, 0.5) is 5.69 Å². The number of nitro benzene ring substituents is 1. The topological polar surface area (TPSA) is 73.8 Å². The van der Waals surface area contributed by atoms with Crippen LogP contribution in [0.3, 0.4) is 0 Å². The second-order valence-corrected chi connectivity index (χ2v) is 4.51. The van der Waals surface area contributed by atoms with E-state index in [2.05, 4.69) is 22.7 Å². The molecule has 1 heterocycles. The molecule has 0 amide bonds. The molecule has 0 unspecified atom stereocenters. The molecule has 0 saturated heterocycles. The van der Waals surface area contributed by atoms with E-state index in [0.717, 1.165) is 30.7 Å². The molecule has 0 radical (unpaired) electrons. The molecular weight excluding hydrogens is 264 g/mol. The molecule has 2 aromatic rings. The second-order valence-electron chi connectivity index (χ2n) is 4.07. The van der Waals surface area contributed by atoms with Crippen LogP contribution in [-0.2, 0) is 6.54 Å². The summed E-state index contributed by atoms with van der Waals surface area (Å²) < 4.78 is 1.78. The highest BCUT2D eigenvalue weighted by molar-refractivity contribution is 7.80. The summed E-state index contributed by atoms with van der Waals surface area (Å²) >= 11 is 4.16. The zero-order valence-corrected chi connectivity index (χ0v) is 11.2. The number of aryl methyl sites for hydroxylation is 1. The molecule has 100 valence electrons. The molecule has 2 rings (SSSR count). The van der Waals surface area contributed by atoms with Gasteiger partial charge in [-0.15, -0.1) is 0 Å². The van der Waals surface area contributed by atoms with Gasteiger partial charge in [-0.05, 0) is 30.7 Å². The van der Waals surface area contributed by atoms with Gasteiger partial charge in [0.2, 0.25) is 0 Å². The highest BCUT2D eigenvalue weighted by Crippen LogP contribution is 2.18. The smallest absolute Gasteiger partial charge is 0.258 e. The van der Waals surface area contributed by atoms with E-state index in [1.54, 1.807) is 23.1 Å². The van der Waals surface area contributed by atoms with Crippen molar-refractivity contribution in [3.63, 3.8) is 0 Å². The van der Waals surface area contributed by atoms with Gasteiger partial charge in [-0.25, -0.2) is 4.98 Å². The lowest BCUT2D eigenvalue weighted by Crippen LogP contribution is -1.99. The lowest BCUT2D eigenvalue weighted by atomic mass is 10.2. The fourth-order valence-corrected chi connectivity index (χ4v) is 1.88. The van der Waals surface area contributed by atoms with Crippen LogP contribution in [-0.4, -0.2) is 25.4 Å². The van der Waals surface area contributed by atoms with Crippen LogP contribution in [0.2, 0.25) is 0 Å². The van der Waals surface area contributed by atoms with Gasteiger partial charge in [0.25, 0.3) is 5.69 Å². The zero-order chi connectivity index (χ0) is 13.7. The van der Waals surface area contributed by atoms with E-state index in [9.17, 15) is 10.1 Å². The average Bonchev–Trinajstić information content (AvgIpc) is 2.88. The third-order valence-corrected chi connectivity index (χ3v) is 2.98. The standard InChI is InChI=1S/C12H14N4O2S/c17-16(18)11-5-3-10(4-6-11)12-13-9-15(14-12)7-1-2-8-19/h3-6,9,19H,1-2,7-8H2. The van der Waals surface area contributed by atoms with Gasteiger partial charge in [0.1, 0.15) is 6.33 Å². The van der Waals surface area contributed by atoms with E-state index in [-0.39, 0.29) is 5.69 Å².